The molecule has 84 valence electrons. The Bertz CT molecular complexity index is 448. The summed E-state index contributed by atoms with van der Waals surface area (Å²) in [5.41, 5.74) is 9.01. The van der Waals surface area contributed by atoms with Gasteiger partial charge in [-0.1, -0.05) is 12.1 Å². The fraction of sp³-hybridized carbons (Fsp3) is 0.250. The Morgan fingerprint density at radius 3 is 2.69 bits per heavy atom. The minimum absolute atomic E-state index is 0.637. The summed E-state index contributed by atoms with van der Waals surface area (Å²) >= 11 is 1.75. The minimum Gasteiger partial charge on any atom is -0.330 e. The van der Waals surface area contributed by atoms with Crippen molar-refractivity contribution in [1.82, 2.24) is 10.2 Å². The van der Waals surface area contributed by atoms with Gasteiger partial charge in [-0.2, -0.15) is 5.10 Å². The first-order valence-corrected chi connectivity index (χ1v) is 6.44. The lowest BCUT2D eigenvalue weighted by molar-refractivity contribution is 0.902. The Kier molecular flexibility index (Phi) is 3.64. The molecule has 0 atom stereocenters. The fourth-order valence-corrected chi connectivity index (χ4v) is 2.08. The van der Waals surface area contributed by atoms with E-state index in [2.05, 4.69) is 40.7 Å². The summed E-state index contributed by atoms with van der Waals surface area (Å²) in [4.78, 5) is 1.27. The Morgan fingerprint density at radius 1 is 1.31 bits per heavy atom. The monoisotopic (exact) mass is 233 g/mol. The molecule has 3 nitrogen and oxygen atoms in total. The second kappa shape index (κ2) is 5.18. The SMILES string of the molecule is CSc1ccc(-c2cn[nH]c2CCN)cc1. The third-order valence-corrected chi connectivity index (χ3v) is 3.26. The maximum atomic E-state index is 5.56. The van der Waals surface area contributed by atoms with Gasteiger partial charge in [0.2, 0.25) is 0 Å². The molecule has 0 saturated carbocycles. The highest BCUT2D eigenvalue weighted by Gasteiger charge is 2.06. The maximum absolute atomic E-state index is 5.56. The number of thioether (sulfide) groups is 1. The summed E-state index contributed by atoms with van der Waals surface area (Å²) in [6.07, 6.45) is 4.77. The summed E-state index contributed by atoms with van der Waals surface area (Å²) in [5.74, 6) is 0. The van der Waals surface area contributed by atoms with Gasteiger partial charge in [0.05, 0.1) is 6.20 Å². The molecule has 1 aromatic carbocycles. The lowest BCUT2D eigenvalue weighted by atomic mass is 10.1. The molecule has 0 unspecified atom stereocenters. The van der Waals surface area contributed by atoms with Gasteiger partial charge in [-0.3, -0.25) is 5.10 Å². The summed E-state index contributed by atoms with van der Waals surface area (Å²) in [5, 5.41) is 7.07. The molecule has 0 fully saturated rings. The molecule has 0 spiro atoms. The standard InChI is InChI=1S/C12H15N3S/c1-16-10-4-2-9(3-5-10)11-8-14-15-12(11)6-7-13/h2-5,8H,6-7,13H2,1H3,(H,14,15). The number of benzene rings is 1. The Balaban J connectivity index is 2.31. The summed E-state index contributed by atoms with van der Waals surface area (Å²) < 4.78 is 0. The molecule has 0 amide bonds. The van der Waals surface area contributed by atoms with E-state index in [9.17, 15) is 0 Å². The van der Waals surface area contributed by atoms with Crippen molar-refractivity contribution in [1.29, 1.82) is 0 Å². The van der Waals surface area contributed by atoms with Gasteiger partial charge < -0.3 is 5.73 Å². The lowest BCUT2D eigenvalue weighted by Crippen LogP contribution is -2.03. The van der Waals surface area contributed by atoms with Gasteiger partial charge in [-0.05, 0) is 30.5 Å². The highest BCUT2D eigenvalue weighted by atomic mass is 32.2. The molecule has 16 heavy (non-hydrogen) atoms. The molecule has 2 aromatic rings. The number of aromatic amines is 1. The lowest BCUT2D eigenvalue weighted by Gasteiger charge is -2.03. The van der Waals surface area contributed by atoms with E-state index >= 15 is 0 Å². The van der Waals surface area contributed by atoms with E-state index in [0.29, 0.717) is 6.54 Å². The van der Waals surface area contributed by atoms with Crippen molar-refractivity contribution < 1.29 is 0 Å². The van der Waals surface area contributed by atoms with Crippen LogP contribution < -0.4 is 5.73 Å². The van der Waals surface area contributed by atoms with Crippen LogP contribution in [0.15, 0.2) is 35.4 Å². The number of rotatable bonds is 4. The third-order valence-electron chi connectivity index (χ3n) is 2.51. The third kappa shape index (κ3) is 2.28. The summed E-state index contributed by atoms with van der Waals surface area (Å²) in [7, 11) is 0. The molecule has 3 N–H and O–H groups in total. The molecule has 0 saturated heterocycles. The van der Waals surface area contributed by atoms with E-state index < -0.39 is 0 Å². The van der Waals surface area contributed by atoms with Crippen LogP contribution in [-0.2, 0) is 6.42 Å². The van der Waals surface area contributed by atoms with E-state index in [-0.39, 0.29) is 0 Å². The quantitative estimate of drug-likeness (QED) is 0.797. The van der Waals surface area contributed by atoms with Crippen molar-refractivity contribution in [3.05, 3.63) is 36.2 Å². The Labute approximate surface area is 99.4 Å². The second-order valence-corrected chi connectivity index (χ2v) is 4.41. The molecular weight excluding hydrogens is 218 g/mol. The number of hydrogen-bond acceptors (Lipinski definition) is 3. The molecule has 2 rings (SSSR count). The van der Waals surface area contributed by atoms with Crippen molar-refractivity contribution in [2.24, 2.45) is 5.73 Å². The van der Waals surface area contributed by atoms with Crippen LogP contribution in [0.4, 0.5) is 0 Å². The van der Waals surface area contributed by atoms with E-state index in [1.807, 2.05) is 6.20 Å². The smallest absolute Gasteiger partial charge is 0.0568 e. The van der Waals surface area contributed by atoms with Gasteiger partial charge in [0.25, 0.3) is 0 Å². The zero-order chi connectivity index (χ0) is 11.4. The number of nitrogens with one attached hydrogen (secondary N) is 1. The molecule has 1 aromatic heterocycles. The fourth-order valence-electron chi connectivity index (χ4n) is 1.67. The largest absolute Gasteiger partial charge is 0.330 e. The first-order valence-electron chi connectivity index (χ1n) is 5.22. The van der Waals surface area contributed by atoms with E-state index in [4.69, 9.17) is 5.73 Å². The molecule has 1 heterocycles. The number of aromatic nitrogens is 2. The summed E-state index contributed by atoms with van der Waals surface area (Å²) in [6.45, 7) is 0.637. The van der Waals surface area contributed by atoms with Crippen LogP contribution in [0.5, 0.6) is 0 Å². The van der Waals surface area contributed by atoms with Crippen LogP contribution in [0.2, 0.25) is 0 Å². The van der Waals surface area contributed by atoms with Gasteiger partial charge in [-0.25, -0.2) is 0 Å². The number of nitrogens with two attached hydrogens (primary N) is 1. The van der Waals surface area contributed by atoms with Gasteiger partial charge in [0, 0.05) is 22.6 Å². The van der Waals surface area contributed by atoms with E-state index in [1.165, 1.54) is 10.5 Å². The van der Waals surface area contributed by atoms with Crippen LogP contribution in [0.25, 0.3) is 11.1 Å². The van der Waals surface area contributed by atoms with Gasteiger partial charge in [0.1, 0.15) is 0 Å². The first-order chi connectivity index (χ1) is 7.85. The van der Waals surface area contributed by atoms with Crippen molar-refractivity contribution in [2.75, 3.05) is 12.8 Å². The average Bonchev–Trinajstić information content (AvgIpc) is 2.78. The molecule has 0 aliphatic carbocycles. The maximum Gasteiger partial charge on any atom is 0.0568 e. The van der Waals surface area contributed by atoms with Gasteiger partial charge in [0.15, 0.2) is 0 Å². The Morgan fingerprint density at radius 2 is 2.06 bits per heavy atom. The van der Waals surface area contributed by atoms with Gasteiger partial charge >= 0.3 is 0 Å². The molecule has 0 aliphatic heterocycles. The average molecular weight is 233 g/mol. The predicted molar refractivity (Wildman–Crippen MR) is 68.6 cm³/mol. The van der Waals surface area contributed by atoms with Crippen LogP contribution in [0.3, 0.4) is 0 Å². The van der Waals surface area contributed by atoms with Crippen molar-refractivity contribution in [3.8, 4) is 11.1 Å². The molecular formula is C12H15N3S. The molecule has 4 heteroatoms. The zero-order valence-corrected chi connectivity index (χ0v) is 10.1. The number of hydrogen-bond donors (Lipinski definition) is 2. The van der Waals surface area contributed by atoms with Crippen LogP contribution in [-0.4, -0.2) is 23.0 Å². The predicted octanol–water partition coefficient (Wildman–Crippen LogP) is 2.30. The zero-order valence-electron chi connectivity index (χ0n) is 9.23. The normalized spacial score (nSPS) is 10.6. The first kappa shape index (κ1) is 11.2. The molecule has 0 aliphatic rings. The van der Waals surface area contributed by atoms with Crippen molar-refractivity contribution in [3.63, 3.8) is 0 Å². The minimum atomic E-state index is 0.637. The second-order valence-electron chi connectivity index (χ2n) is 3.53. The highest BCUT2D eigenvalue weighted by molar-refractivity contribution is 7.98. The molecule has 0 bridgehead atoms. The van der Waals surface area contributed by atoms with E-state index in [0.717, 1.165) is 17.7 Å². The topological polar surface area (TPSA) is 54.7 Å². The highest BCUT2D eigenvalue weighted by Crippen LogP contribution is 2.24. The van der Waals surface area contributed by atoms with Crippen LogP contribution in [0.1, 0.15) is 5.69 Å². The Hall–Kier alpha value is -1.26. The van der Waals surface area contributed by atoms with Gasteiger partial charge in [-0.15, -0.1) is 11.8 Å². The summed E-state index contributed by atoms with van der Waals surface area (Å²) in [6, 6.07) is 8.49. The van der Waals surface area contributed by atoms with Crippen LogP contribution in [0, 0.1) is 0 Å². The van der Waals surface area contributed by atoms with Crippen LogP contribution >= 0.6 is 11.8 Å². The van der Waals surface area contributed by atoms with E-state index in [1.54, 1.807) is 11.8 Å². The molecule has 0 radical (unpaired) electrons. The van der Waals surface area contributed by atoms with Crippen molar-refractivity contribution >= 4 is 11.8 Å². The number of nitrogens with zero attached hydrogens (tertiary/aromatic N) is 1. The number of H-pyrrole nitrogens is 1. The van der Waals surface area contributed by atoms with Crippen molar-refractivity contribution in [2.45, 2.75) is 11.3 Å².